The number of hydrogen-bond donors (Lipinski definition) is 1. The maximum Gasteiger partial charge on any atom is 0.343 e. The van der Waals surface area contributed by atoms with E-state index in [1.807, 2.05) is 0 Å². The van der Waals surface area contributed by atoms with Crippen LogP contribution < -0.4 is 5.32 Å². The molecule has 0 aliphatic rings. The number of nitrogens with zero attached hydrogens (tertiary/aromatic N) is 1. The van der Waals surface area contributed by atoms with Gasteiger partial charge >= 0.3 is 5.97 Å². The van der Waals surface area contributed by atoms with Crippen LogP contribution in [0.4, 0.5) is 15.1 Å². The number of carbonyl (C=O) groups is 1. The van der Waals surface area contributed by atoms with E-state index >= 15 is 0 Å². The average Bonchev–Trinajstić information content (AvgIpc) is 2.75. The number of aromatic nitrogens is 1. The van der Waals surface area contributed by atoms with Gasteiger partial charge in [0.1, 0.15) is 16.4 Å². The minimum absolute atomic E-state index is 0.301. The molecule has 1 aromatic carbocycles. The molecule has 0 atom stereocenters. The molecule has 0 fully saturated rings. The minimum atomic E-state index is -0.414. The van der Waals surface area contributed by atoms with Gasteiger partial charge in [-0.2, -0.15) is 4.37 Å². The fourth-order valence-electron chi connectivity index (χ4n) is 1.60. The van der Waals surface area contributed by atoms with Crippen molar-refractivity contribution in [1.29, 1.82) is 0 Å². The molecule has 0 aliphatic heterocycles. The van der Waals surface area contributed by atoms with Crippen molar-refractivity contribution in [3.8, 4) is 0 Å². The summed E-state index contributed by atoms with van der Waals surface area (Å²) in [5, 5.41) is 3.64. The zero-order valence-electron chi connectivity index (χ0n) is 10.9. The normalized spacial score (nSPS) is 10.4. The summed E-state index contributed by atoms with van der Waals surface area (Å²) >= 11 is 4.28. The Morgan fingerprint density at radius 3 is 2.95 bits per heavy atom. The maximum absolute atomic E-state index is 13.2. The Morgan fingerprint density at radius 2 is 2.30 bits per heavy atom. The highest BCUT2D eigenvalue weighted by atomic mass is 79.9. The third-order valence-electron chi connectivity index (χ3n) is 2.52. The number of nitrogens with one attached hydrogen (secondary N) is 1. The molecule has 20 heavy (non-hydrogen) atoms. The van der Waals surface area contributed by atoms with Crippen LogP contribution in [0, 0.1) is 12.7 Å². The van der Waals surface area contributed by atoms with E-state index in [0.29, 0.717) is 33.0 Å². The van der Waals surface area contributed by atoms with Crippen LogP contribution in [-0.4, -0.2) is 16.9 Å². The lowest BCUT2D eigenvalue weighted by Crippen LogP contribution is -2.07. The molecule has 2 aromatic rings. The summed E-state index contributed by atoms with van der Waals surface area (Å²) < 4.78 is 22.7. The fraction of sp³-hybridized carbons (Fsp3) is 0.231. The SMILES string of the molecule is CCOC(=O)c1c(C)nsc1Nc1ccc(F)c(Br)c1. The van der Waals surface area contributed by atoms with E-state index in [4.69, 9.17) is 4.74 Å². The zero-order chi connectivity index (χ0) is 14.7. The van der Waals surface area contributed by atoms with Crippen LogP contribution in [-0.2, 0) is 4.74 Å². The lowest BCUT2D eigenvalue weighted by atomic mass is 10.2. The number of anilines is 2. The Labute approximate surface area is 128 Å². The van der Waals surface area contributed by atoms with Crippen LogP contribution in [0.1, 0.15) is 23.0 Å². The van der Waals surface area contributed by atoms with E-state index in [0.717, 1.165) is 11.5 Å². The molecule has 0 saturated carbocycles. The van der Waals surface area contributed by atoms with Crippen molar-refractivity contribution in [3.63, 3.8) is 0 Å². The number of benzene rings is 1. The van der Waals surface area contributed by atoms with Gasteiger partial charge in [-0.25, -0.2) is 9.18 Å². The lowest BCUT2D eigenvalue weighted by molar-refractivity contribution is 0.0527. The molecule has 7 heteroatoms. The monoisotopic (exact) mass is 358 g/mol. The number of aryl methyl sites for hydroxylation is 1. The molecule has 4 nitrogen and oxygen atoms in total. The highest BCUT2D eigenvalue weighted by molar-refractivity contribution is 9.10. The van der Waals surface area contributed by atoms with E-state index in [1.54, 1.807) is 26.0 Å². The summed E-state index contributed by atoms with van der Waals surface area (Å²) in [4.78, 5) is 11.9. The molecular formula is C13H12BrFN2O2S. The predicted molar refractivity (Wildman–Crippen MR) is 80.2 cm³/mol. The van der Waals surface area contributed by atoms with Crippen molar-refractivity contribution in [2.45, 2.75) is 13.8 Å². The smallest absolute Gasteiger partial charge is 0.343 e. The molecule has 2 rings (SSSR count). The highest BCUT2D eigenvalue weighted by Gasteiger charge is 2.19. The summed E-state index contributed by atoms with van der Waals surface area (Å²) in [7, 11) is 0. The van der Waals surface area contributed by atoms with Crippen molar-refractivity contribution in [2.75, 3.05) is 11.9 Å². The summed E-state index contributed by atoms with van der Waals surface area (Å²) in [5.74, 6) is -0.760. The standard InChI is InChI=1S/C13H12BrFN2O2S/c1-3-19-13(18)11-7(2)17-20-12(11)16-8-4-5-10(15)9(14)6-8/h4-6,16H,3H2,1-2H3. The van der Waals surface area contributed by atoms with E-state index in [1.165, 1.54) is 6.07 Å². The number of ether oxygens (including phenoxy) is 1. The topological polar surface area (TPSA) is 51.2 Å². The second-order valence-electron chi connectivity index (χ2n) is 3.95. The van der Waals surface area contributed by atoms with Gasteiger partial charge in [-0.05, 0) is 59.5 Å². The quantitative estimate of drug-likeness (QED) is 0.829. The van der Waals surface area contributed by atoms with Gasteiger partial charge in [0.25, 0.3) is 0 Å². The fourth-order valence-corrected chi connectivity index (χ4v) is 2.79. The van der Waals surface area contributed by atoms with Gasteiger partial charge in [-0.15, -0.1) is 0 Å². The number of hydrogen-bond acceptors (Lipinski definition) is 5. The first-order valence-corrected chi connectivity index (χ1v) is 7.45. The van der Waals surface area contributed by atoms with Crippen LogP contribution in [0.2, 0.25) is 0 Å². The van der Waals surface area contributed by atoms with Gasteiger partial charge in [-0.3, -0.25) is 0 Å². The number of rotatable bonds is 4. The molecular weight excluding hydrogens is 347 g/mol. The number of esters is 1. The molecule has 0 bridgehead atoms. The number of carbonyl (C=O) groups excluding carboxylic acids is 1. The van der Waals surface area contributed by atoms with Gasteiger partial charge in [0.2, 0.25) is 0 Å². The van der Waals surface area contributed by atoms with Crippen LogP contribution in [0.25, 0.3) is 0 Å². The van der Waals surface area contributed by atoms with Gasteiger partial charge < -0.3 is 10.1 Å². The largest absolute Gasteiger partial charge is 0.462 e. The lowest BCUT2D eigenvalue weighted by Gasteiger charge is -2.07. The highest BCUT2D eigenvalue weighted by Crippen LogP contribution is 2.30. The molecule has 1 heterocycles. The Bertz CT molecular complexity index is 645. The average molecular weight is 359 g/mol. The molecule has 0 unspecified atom stereocenters. The third-order valence-corrected chi connectivity index (χ3v) is 3.98. The maximum atomic E-state index is 13.2. The van der Waals surface area contributed by atoms with E-state index < -0.39 is 5.97 Å². The second-order valence-corrected chi connectivity index (χ2v) is 5.57. The predicted octanol–water partition coefficient (Wildman–Crippen LogP) is 4.27. The van der Waals surface area contributed by atoms with Crippen molar-refractivity contribution < 1.29 is 13.9 Å². The first-order valence-electron chi connectivity index (χ1n) is 5.88. The van der Waals surface area contributed by atoms with Crippen LogP contribution >= 0.6 is 27.5 Å². The Balaban J connectivity index is 2.29. The summed E-state index contributed by atoms with van der Waals surface area (Å²) in [6.45, 7) is 3.79. The second kappa shape index (κ2) is 6.32. The molecule has 0 radical (unpaired) electrons. The van der Waals surface area contributed by atoms with Gasteiger partial charge in [-0.1, -0.05) is 0 Å². The molecule has 1 aromatic heterocycles. The van der Waals surface area contributed by atoms with Crippen molar-refractivity contribution in [2.24, 2.45) is 0 Å². The molecule has 0 spiro atoms. The molecule has 0 amide bonds. The molecule has 0 aliphatic carbocycles. The summed E-state index contributed by atoms with van der Waals surface area (Å²) in [6.07, 6.45) is 0. The minimum Gasteiger partial charge on any atom is -0.462 e. The first kappa shape index (κ1) is 14.9. The summed E-state index contributed by atoms with van der Waals surface area (Å²) in [5.41, 5.74) is 1.68. The first-order chi connectivity index (χ1) is 9.52. The Morgan fingerprint density at radius 1 is 1.55 bits per heavy atom. The van der Waals surface area contributed by atoms with E-state index in [2.05, 4.69) is 25.6 Å². The van der Waals surface area contributed by atoms with Gasteiger partial charge in [0.15, 0.2) is 0 Å². The van der Waals surface area contributed by atoms with Crippen LogP contribution in [0.3, 0.4) is 0 Å². The number of halogens is 2. The van der Waals surface area contributed by atoms with Gasteiger partial charge in [0.05, 0.1) is 16.8 Å². The van der Waals surface area contributed by atoms with Crippen molar-refractivity contribution in [1.82, 2.24) is 4.37 Å². The van der Waals surface area contributed by atoms with E-state index in [-0.39, 0.29) is 5.82 Å². The van der Waals surface area contributed by atoms with Gasteiger partial charge in [0, 0.05) is 5.69 Å². The van der Waals surface area contributed by atoms with Crippen molar-refractivity contribution in [3.05, 3.63) is 39.7 Å². The molecule has 0 saturated heterocycles. The third kappa shape index (κ3) is 3.16. The summed E-state index contributed by atoms with van der Waals surface area (Å²) in [6, 6.07) is 4.52. The molecule has 1 N–H and O–H groups in total. The Kier molecular flexibility index (Phi) is 4.72. The van der Waals surface area contributed by atoms with Crippen LogP contribution in [0.5, 0.6) is 0 Å². The van der Waals surface area contributed by atoms with Crippen molar-refractivity contribution >= 4 is 44.1 Å². The molecule has 106 valence electrons. The van der Waals surface area contributed by atoms with E-state index in [9.17, 15) is 9.18 Å². The zero-order valence-corrected chi connectivity index (χ0v) is 13.3. The Hall–Kier alpha value is -1.47. The van der Waals surface area contributed by atoms with Crippen LogP contribution in [0.15, 0.2) is 22.7 Å².